The number of hydrogen-bond donors (Lipinski definition) is 1. The second kappa shape index (κ2) is 9.76. The van der Waals surface area contributed by atoms with Gasteiger partial charge in [0, 0.05) is 37.3 Å². The van der Waals surface area contributed by atoms with Crippen LogP contribution >= 0.6 is 0 Å². The highest BCUT2D eigenvalue weighted by Gasteiger charge is 2.43. The van der Waals surface area contributed by atoms with Crippen LogP contribution in [0.4, 0.5) is 4.79 Å². The quantitative estimate of drug-likeness (QED) is 0.502. The average molecular weight is 484 g/mol. The zero-order chi connectivity index (χ0) is 25.3. The van der Waals surface area contributed by atoms with Crippen molar-refractivity contribution < 1.29 is 14.4 Å². The molecule has 2 aliphatic heterocycles. The van der Waals surface area contributed by atoms with Crippen LogP contribution in [0.5, 0.6) is 0 Å². The van der Waals surface area contributed by atoms with E-state index in [4.69, 9.17) is 0 Å². The predicted molar refractivity (Wildman–Crippen MR) is 141 cm³/mol. The second-order valence-electron chi connectivity index (χ2n) is 10.3. The number of hydrogen-bond acceptors (Lipinski definition) is 3. The van der Waals surface area contributed by atoms with E-state index in [2.05, 4.69) is 29.6 Å². The van der Waals surface area contributed by atoms with E-state index < -0.39 is 0 Å². The molecule has 2 saturated heterocycles. The fraction of sp³-hybridized carbons (Fsp3) is 0.367. The Morgan fingerprint density at radius 2 is 1.42 bits per heavy atom. The Bertz CT molecular complexity index is 1290. The van der Waals surface area contributed by atoms with Gasteiger partial charge < -0.3 is 15.1 Å². The van der Waals surface area contributed by atoms with Crippen molar-refractivity contribution in [2.75, 3.05) is 26.2 Å². The Morgan fingerprint density at radius 1 is 0.806 bits per heavy atom. The summed E-state index contributed by atoms with van der Waals surface area (Å²) in [6.07, 6.45) is 2.76. The van der Waals surface area contributed by atoms with Crippen LogP contribution in [0.2, 0.25) is 0 Å². The van der Waals surface area contributed by atoms with Gasteiger partial charge in [0.15, 0.2) is 5.78 Å². The van der Waals surface area contributed by atoms with E-state index in [0.29, 0.717) is 24.2 Å². The van der Waals surface area contributed by atoms with E-state index in [1.165, 1.54) is 17.7 Å². The smallest absolute Gasteiger partial charge is 0.317 e. The number of Topliss-reactive ketones (excluding diaryl/α,β-unsaturated/α-hetero) is 1. The largest absolute Gasteiger partial charge is 0.339 e. The third-order valence-electron chi connectivity index (χ3n) is 8.01. The van der Waals surface area contributed by atoms with Crippen LogP contribution in [0.3, 0.4) is 0 Å². The highest BCUT2D eigenvalue weighted by molar-refractivity contribution is 5.97. The highest BCUT2D eigenvalue weighted by atomic mass is 16.2. The Labute approximate surface area is 212 Å². The zero-order valence-electron chi connectivity index (χ0n) is 21.0. The molecule has 0 bridgehead atoms. The summed E-state index contributed by atoms with van der Waals surface area (Å²) in [5, 5.41) is 5.55. The van der Waals surface area contributed by atoms with E-state index >= 15 is 0 Å². The lowest BCUT2D eigenvalue weighted by atomic mass is 9.77. The Morgan fingerprint density at radius 3 is 2.11 bits per heavy atom. The van der Waals surface area contributed by atoms with Crippen molar-refractivity contribution >= 4 is 28.5 Å². The van der Waals surface area contributed by atoms with Crippen LogP contribution in [0.15, 0.2) is 66.7 Å². The van der Waals surface area contributed by atoms with Gasteiger partial charge in [0.1, 0.15) is 0 Å². The number of ketones is 1. The van der Waals surface area contributed by atoms with E-state index in [1.807, 2.05) is 34.9 Å². The van der Waals surface area contributed by atoms with Crippen molar-refractivity contribution in [1.82, 2.24) is 15.1 Å². The molecule has 0 aliphatic carbocycles. The van der Waals surface area contributed by atoms with E-state index in [1.54, 1.807) is 24.3 Å². The molecule has 2 heterocycles. The molecule has 1 spiro atoms. The molecule has 186 valence electrons. The topological polar surface area (TPSA) is 69.7 Å². The van der Waals surface area contributed by atoms with Gasteiger partial charge in [-0.1, -0.05) is 54.6 Å². The molecule has 36 heavy (non-hydrogen) atoms. The number of carbonyl (C=O) groups excluding carboxylic acids is 3. The fourth-order valence-electron chi connectivity index (χ4n) is 5.71. The maximum Gasteiger partial charge on any atom is 0.317 e. The van der Waals surface area contributed by atoms with Gasteiger partial charge in [-0.2, -0.15) is 0 Å². The number of likely N-dealkylation sites (tertiary alicyclic amines) is 2. The molecule has 5 rings (SSSR count). The van der Waals surface area contributed by atoms with Crippen LogP contribution in [-0.2, 0) is 0 Å². The Kier molecular flexibility index (Phi) is 6.52. The predicted octanol–water partition coefficient (Wildman–Crippen LogP) is 5.44. The number of nitrogens with one attached hydrogen (secondary N) is 1. The van der Waals surface area contributed by atoms with Crippen LogP contribution in [0.25, 0.3) is 10.8 Å². The molecule has 3 aromatic carbocycles. The number of nitrogens with zero attached hydrogens (tertiary/aromatic N) is 2. The first-order valence-electron chi connectivity index (χ1n) is 12.8. The molecule has 6 heteroatoms. The Hall–Kier alpha value is -3.67. The summed E-state index contributed by atoms with van der Waals surface area (Å²) in [5.41, 5.74) is 2.43. The first-order chi connectivity index (χ1) is 17.3. The first-order valence-corrected chi connectivity index (χ1v) is 12.8. The zero-order valence-corrected chi connectivity index (χ0v) is 21.0. The number of carbonyl (C=O) groups is 3. The molecule has 6 nitrogen and oxygen atoms in total. The van der Waals surface area contributed by atoms with Crippen molar-refractivity contribution in [3.63, 3.8) is 0 Å². The number of rotatable bonds is 4. The minimum atomic E-state index is -0.0889. The molecule has 0 aromatic heterocycles. The fourth-order valence-corrected chi connectivity index (χ4v) is 5.71. The van der Waals surface area contributed by atoms with Gasteiger partial charge in [0.2, 0.25) is 0 Å². The van der Waals surface area contributed by atoms with Crippen molar-refractivity contribution in [1.29, 1.82) is 0 Å². The molecule has 2 fully saturated rings. The van der Waals surface area contributed by atoms with Gasteiger partial charge in [-0.3, -0.25) is 9.59 Å². The molecule has 0 radical (unpaired) electrons. The number of piperidine rings is 1. The van der Waals surface area contributed by atoms with Gasteiger partial charge in [-0.05, 0) is 67.0 Å². The third-order valence-corrected chi connectivity index (χ3v) is 8.01. The molecule has 1 N–H and O–H groups in total. The number of fused-ring (bicyclic) bond motifs is 1. The molecule has 3 aromatic rings. The minimum absolute atomic E-state index is 0.00440. The van der Waals surface area contributed by atoms with Crippen molar-refractivity contribution in [3.05, 3.63) is 83.4 Å². The summed E-state index contributed by atoms with van der Waals surface area (Å²) >= 11 is 0. The van der Waals surface area contributed by atoms with Crippen LogP contribution in [0, 0.1) is 5.41 Å². The standard InChI is InChI=1S/C30H33N3O3/c1-21(26-9-5-7-24-6-3-4-8-27(24)26)31-29(36)33-19-16-30(20-33)14-17-32(18-15-30)28(35)25-12-10-23(11-13-25)22(2)34/h3-13,21H,14-20H2,1-2H3,(H,31,36). The van der Waals surface area contributed by atoms with E-state index in [9.17, 15) is 14.4 Å². The van der Waals surface area contributed by atoms with Gasteiger partial charge in [-0.15, -0.1) is 0 Å². The van der Waals surface area contributed by atoms with Gasteiger partial charge in [0.05, 0.1) is 6.04 Å². The van der Waals surface area contributed by atoms with Gasteiger partial charge >= 0.3 is 6.03 Å². The average Bonchev–Trinajstić information content (AvgIpc) is 3.32. The first kappa shape index (κ1) is 24.0. The van der Waals surface area contributed by atoms with Crippen molar-refractivity contribution in [2.45, 2.75) is 39.2 Å². The normalized spacial score (nSPS) is 17.8. The SMILES string of the molecule is CC(=O)c1ccc(C(=O)N2CCC3(CCN(C(=O)NC(C)c4cccc5ccccc45)C3)CC2)cc1. The maximum absolute atomic E-state index is 13.2. The van der Waals surface area contributed by atoms with Crippen LogP contribution in [-0.4, -0.2) is 53.7 Å². The monoisotopic (exact) mass is 483 g/mol. The molecule has 1 unspecified atom stereocenters. The summed E-state index contributed by atoms with van der Waals surface area (Å²) in [4.78, 5) is 41.5. The van der Waals surface area contributed by atoms with Gasteiger partial charge in [0.25, 0.3) is 5.91 Å². The maximum atomic E-state index is 13.2. The molecule has 1 atom stereocenters. The molecule has 3 amide bonds. The second-order valence-corrected chi connectivity index (χ2v) is 10.3. The van der Waals surface area contributed by atoms with E-state index in [-0.39, 0.29) is 29.2 Å². The van der Waals surface area contributed by atoms with Crippen LogP contribution in [0.1, 0.15) is 65.4 Å². The molecule has 2 aliphatic rings. The number of urea groups is 1. The summed E-state index contributed by atoms with van der Waals surface area (Å²) in [6, 6.07) is 21.3. The summed E-state index contributed by atoms with van der Waals surface area (Å²) in [6.45, 7) is 6.42. The highest BCUT2D eigenvalue weighted by Crippen LogP contribution is 2.40. The summed E-state index contributed by atoms with van der Waals surface area (Å²) in [7, 11) is 0. The molecular weight excluding hydrogens is 450 g/mol. The summed E-state index contributed by atoms with van der Waals surface area (Å²) in [5.74, 6) is 0.00621. The summed E-state index contributed by atoms with van der Waals surface area (Å²) < 4.78 is 0. The van der Waals surface area contributed by atoms with Gasteiger partial charge in [-0.25, -0.2) is 4.79 Å². The lowest BCUT2D eigenvalue weighted by Gasteiger charge is -2.39. The number of benzene rings is 3. The van der Waals surface area contributed by atoms with Crippen molar-refractivity contribution in [2.24, 2.45) is 5.41 Å². The minimum Gasteiger partial charge on any atom is -0.339 e. The lowest BCUT2D eigenvalue weighted by Crippen LogP contribution is -2.46. The Balaban J connectivity index is 1.17. The molecule has 0 saturated carbocycles. The number of amides is 3. The molecular formula is C30H33N3O3. The lowest BCUT2D eigenvalue weighted by molar-refractivity contribution is 0.0593. The van der Waals surface area contributed by atoms with E-state index in [0.717, 1.165) is 37.9 Å². The van der Waals surface area contributed by atoms with Crippen molar-refractivity contribution in [3.8, 4) is 0 Å². The van der Waals surface area contributed by atoms with Crippen LogP contribution < -0.4 is 5.32 Å². The third kappa shape index (κ3) is 4.72.